The zero-order valence-corrected chi connectivity index (χ0v) is 14.4. The van der Waals surface area contributed by atoms with Crippen LogP contribution in [0.5, 0.6) is 5.75 Å². The van der Waals surface area contributed by atoms with Crippen molar-refractivity contribution < 1.29 is 13.5 Å². The molecule has 5 heteroatoms. The Morgan fingerprint density at radius 3 is 2.30 bits per heavy atom. The average Bonchev–Trinajstić information content (AvgIpc) is 2.63. The molecule has 1 aliphatic carbocycles. The molecule has 1 aromatic rings. The molecule has 1 nitrogen and oxygen atoms in total. The van der Waals surface area contributed by atoms with Gasteiger partial charge in [-0.05, 0) is 34.8 Å². The summed E-state index contributed by atoms with van der Waals surface area (Å²) in [7, 11) is 0. The molecule has 1 saturated carbocycles. The summed E-state index contributed by atoms with van der Waals surface area (Å²) in [5.74, 6) is -1.16. The van der Waals surface area contributed by atoms with E-state index < -0.39 is 11.6 Å². The standard InChI is InChI=1S/C15H18Br2F2O/c16-9-15(5-3-1-2-4-6-15)10-20-14-12(17)7-11(18)8-13(14)19/h7-8H,1-6,9-10H2. The topological polar surface area (TPSA) is 9.23 Å². The maximum Gasteiger partial charge on any atom is 0.169 e. The van der Waals surface area contributed by atoms with Gasteiger partial charge in [0.1, 0.15) is 5.82 Å². The van der Waals surface area contributed by atoms with Crippen LogP contribution in [0.15, 0.2) is 16.6 Å². The van der Waals surface area contributed by atoms with E-state index in [1.807, 2.05) is 0 Å². The summed E-state index contributed by atoms with van der Waals surface area (Å²) in [6, 6.07) is 2.08. The van der Waals surface area contributed by atoms with Crippen LogP contribution >= 0.6 is 31.9 Å². The lowest BCUT2D eigenvalue weighted by atomic mass is 9.83. The molecule has 20 heavy (non-hydrogen) atoms. The van der Waals surface area contributed by atoms with Crippen LogP contribution in [0.4, 0.5) is 8.78 Å². The Bertz CT molecular complexity index is 434. The molecule has 0 amide bonds. The number of ether oxygens (including phenoxy) is 1. The number of halogens is 4. The third-order valence-electron chi connectivity index (χ3n) is 3.93. The van der Waals surface area contributed by atoms with Crippen molar-refractivity contribution in [2.45, 2.75) is 38.5 Å². The maximum atomic E-state index is 13.8. The van der Waals surface area contributed by atoms with E-state index in [0.717, 1.165) is 24.2 Å². The summed E-state index contributed by atoms with van der Waals surface area (Å²) >= 11 is 6.74. The number of alkyl halides is 1. The lowest BCUT2D eigenvalue weighted by Gasteiger charge is -2.30. The minimum absolute atomic E-state index is 0.0523. The van der Waals surface area contributed by atoms with Crippen LogP contribution in [-0.4, -0.2) is 11.9 Å². The Hall–Kier alpha value is -0.160. The summed E-state index contributed by atoms with van der Waals surface area (Å²) in [5.41, 5.74) is 0.0523. The SMILES string of the molecule is Fc1cc(F)c(OCC2(CBr)CCCCCC2)c(Br)c1. The predicted octanol–water partition coefficient (Wildman–Crippen LogP) is 5.84. The Kier molecular flexibility index (Phi) is 5.84. The highest BCUT2D eigenvalue weighted by atomic mass is 79.9. The number of benzene rings is 1. The average molecular weight is 412 g/mol. The van der Waals surface area contributed by atoms with E-state index in [4.69, 9.17) is 4.74 Å². The van der Waals surface area contributed by atoms with Crippen LogP contribution in [0.1, 0.15) is 38.5 Å². The Morgan fingerprint density at radius 2 is 1.75 bits per heavy atom. The molecular weight excluding hydrogens is 394 g/mol. The van der Waals surface area contributed by atoms with E-state index in [2.05, 4.69) is 31.9 Å². The monoisotopic (exact) mass is 410 g/mol. The van der Waals surface area contributed by atoms with Gasteiger partial charge in [-0.3, -0.25) is 0 Å². The third kappa shape index (κ3) is 3.94. The van der Waals surface area contributed by atoms with Gasteiger partial charge in [-0.15, -0.1) is 0 Å². The van der Waals surface area contributed by atoms with Crippen LogP contribution in [0.25, 0.3) is 0 Å². The summed E-state index contributed by atoms with van der Waals surface area (Å²) in [6.45, 7) is 0.458. The fourth-order valence-electron chi connectivity index (χ4n) is 2.69. The molecule has 0 saturated heterocycles. The minimum atomic E-state index is -0.657. The molecule has 0 radical (unpaired) electrons. The predicted molar refractivity (Wildman–Crippen MR) is 83.5 cm³/mol. The van der Waals surface area contributed by atoms with Gasteiger partial charge >= 0.3 is 0 Å². The largest absolute Gasteiger partial charge is 0.489 e. The van der Waals surface area contributed by atoms with Crippen LogP contribution in [0, 0.1) is 17.0 Å². The molecular formula is C15H18Br2F2O. The first kappa shape index (κ1) is 16.2. The highest BCUT2D eigenvalue weighted by molar-refractivity contribution is 9.10. The molecule has 0 aromatic heterocycles. The molecule has 0 unspecified atom stereocenters. The Morgan fingerprint density at radius 1 is 1.10 bits per heavy atom. The Labute approximate surface area is 135 Å². The van der Waals surface area contributed by atoms with Crippen LogP contribution < -0.4 is 4.74 Å². The van der Waals surface area contributed by atoms with Crippen molar-refractivity contribution in [3.05, 3.63) is 28.2 Å². The molecule has 0 atom stereocenters. The van der Waals surface area contributed by atoms with Gasteiger partial charge in [0.2, 0.25) is 0 Å². The van der Waals surface area contributed by atoms with Gasteiger partial charge in [-0.2, -0.15) is 0 Å². The van der Waals surface area contributed by atoms with Crippen molar-refractivity contribution in [1.29, 1.82) is 0 Å². The molecule has 0 bridgehead atoms. The highest BCUT2D eigenvalue weighted by Gasteiger charge is 2.31. The molecule has 1 aliphatic rings. The quantitative estimate of drug-likeness (QED) is 0.446. The van der Waals surface area contributed by atoms with Crippen molar-refractivity contribution in [2.24, 2.45) is 5.41 Å². The summed E-state index contributed by atoms with van der Waals surface area (Å²) in [4.78, 5) is 0. The second-order valence-corrected chi connectivity index (χ2v) is 6.95. The number of hydrogen-bond acceptors (Lipinski definition) is 1. The van der Waals surface area contributed by atoms with Crippen molar-refractivity contribution in [1.82, 2.24) is 0 Å². The first-order valence-electron chi connectivity index (χ1n) is 6.90. The summed E-state index contributed by atoms with van der Waals surface area (Å²) < 4.78 is 32.9. The second kappa shape index (κ2) is 7.21. The second-order valence-electron chi connectivity index (χ2n) is 5.54. The molecule has 0 spiro atoms. The van der Waals surface area contributed by atoms with Gasteiger partial charge in [0.25, 0.3) is 0 Å². The lowest BCUT2D eigenvalue weighted by molar-refractivity contribution is 0.144. The van der Waals surface area contributed by atoms with Crippen LogP contribution in [0.2, 0.25) is 0 Å². The zero-order valence-electron chi connectivity index (χ0n) is 11.2. The number of hydrogen-bond donors (Lipinski definition) is 0. The molecule has 2 rings (SSSR count). The van der Waals surface area contributed by atoms with Gasteiger partial charge in [0.15, 0.2) is 11.6 Å². The van der Waals surface area contributed by atoms with Crippen LogP contribution in [-0.2, 0) is 0 Å². The van der Waals surface area contributed by atoms with Gasteiger partial charge in [0, 0.05) is 16.8 Å². The molecule has 0 aliphatic heterocycles. The molecule has 0 N–H and O–H groups in total. The first-order valence-corrected chi connectivity index (χ1v) is 8.81. The van der Waals surface area contributed by atoms with E-state index in [0.29, 0.717) is 11.1 Å². The number of rotatable bonds is 4. The highest BCUT2D eigenvalue weighted by Crippen LogP contribution is 2.38. The van der Waals surface area contributed by atoms with E-state index in [1.165, 1.54) is 31.7 Å². The summed E-state index contributed by atoms with van der Waals surface area (Å²) in [5, 5.41) is 0.848. The van der Waals surface area contributed by atoms with Gasteiger partial charge in [-0.25, -0.2) is 8.78 Å². The Balaban J connectivity index is 2.10. The van der Waals surface area contributed by atoms with E-state index in [1.54, 1.807) is 0 Å². The van der Waals surface area contributed by atoms with E-state index in [-0.39, 0.29) is 11.2 Å². The summed E-state index contributed by atoms with van der Waals surface area (Å²) in [6.07, 6.45) is 7.04. The van der Waals surface area contributed by atoms with Crippen molar-refractivity contribution in [3.63, 3.8) is 0 Å². The first-order chi connectivity index (χ1) is 9.56. The molecule has 1 fully saturated rings. The fourth-order valence-corrected chi connectivity index (χ4v) is 3.93. The van der Waals surface area contributed by atoms with E-state index in [9.17, 15) is 8.78 Å². The fraction of sp³-hybridized carbons (Fsp3) is 0.600. The third-order valence-corrected chi connectivity index (χ3v) is 5.71. The van der Waals surface area contributed by atoms with Crippen molar-refractivity contribution in [2.75, 3.05) is 11.9 Å². The van der Waals surface area contributed by atoms with Gasteiger partial charge in [0.05, 0.1) is 11.1 Å². The van der Waals surface area contributed by atoms with Gasteiger partial charge in [-0.1, -0.05) is 41.6 Å². The molecule has 112 valence electrons. The lowest BCUT2D eigenvalue weighted by Crippen LogP contribution is -2.30. The molecule has 0 heterocycles. The molecule has 1 aromatic carbocycles. The van der Waals surface area contributed by atoms with Crippen molar-refractivity contribution in [3.8, 4) is 5.75 Å². The van der Waals surface area contributed by atoms with Crippen LogP contribution in [0.3, 0.4) is 0 Å². The van der Waals surface area contributed by atoms with Gasteiger partial charge < -0.3 is 4.74 Å². The smallest absolute Gasteiger partial charge is 0.169 e. The minimum Gasteiger partial charge on any atom is -0.489 e. The maximum absolute atomic E-state index is 13.8. The normalized spacial score (nSPS) is 18.6. The zero-order chi connectivity index (χ0) is 14.6. The van der Waals surface area contributed by atoms with Crippen molar-refractivity contribution >= 4 is 31.9 Å². The van der Waals surface area contributed by atoms with E-state index >= 15 is 0 Å².